The van der Waals surface area contributed by atoms with Gasteiger partial charge in [0, 0.05) is 33.2 Å². The summed E-state index contributed by atoms with van der Waals surface area (Å²) in [4.78, 5) is 15.1. The molecule has 1 atom stereocenters. The molecule has 4 nitrogen and oxygen atoms in total. The standard InChI is InChI=1S/C18H14BrClFNO3/c19-17(13-3-1-10(20)7-16(13)25-6-5-23)18(24)14-9-22-15-8-11(21)2-4-12(14)15/h1-4,7-9,17,22-23H,5-6H2. The van der Waals surface area contributed by atoms with Crippen LogP contribution in [0, 0.1) is 5.82 Å². The van der Waals surface area contributed by atoms with E-state index in [-0.39, 0.29) is 24.8 Å². The van der Waals surface area contributed by atoms with E-state index in [1.54, 1.807) is 30.5 Å². The monoisotopic (exact) mass is 425 g/mol. The highest BCUT2D eigenvalue weighted by Gasteiger charge is 2.25. The molecule has 3 rings (SSSR count). The molecule has 130 valence electrons. The van der Waals surface area contributed by atoms with Gasteiger partial charge in [-0.3, -0.25) is 4.79 Å². The maximum atomic E-state index is 13.3. The minimum Gasteiger partial charge on any atom is -0.491 e. The molecule has 0 spiro atoms. The Labute approximate surface area is 156 Å². The van der Waals surface area contributed by atoms with Gasteiger partial charge in [0.15, 0.2) is 5.78 Å². The molecule has 0 aliphatic carbocycles. The molecule has 1 aromatic heterocycles. The molecule has 0 saturated heterocycles. The Hall–Kier alpha value is -1.89. The van der Waals surface area contributed by atoms with Crippen LogP contribution in [0.3, 0.4) is 0 Å². The van der Waals surface area contributed by atoms with Crippen molar-refractivity contribution >= 4 is 44.2 Å². The summed E-state index contributed by atoms with van der Waals surface area (Å²) in [7, 11) is 0. The third kappa shape index (κ3) is 3.71. The van der Waals surface area contributed by atoms with Crippen molar-refractivity contribution in [3.63, 3.8) is 0 Å². The van der Waals surface area contributed by atoms with Gasteiger partial charge in [0.05, 0.1) is 6.61 Å². The van der Waals surface area contributed by atoms with Gasteiger partial charge in [0.25, 0.3) is 0 Å². The number of ether oxygens (including phenoxy) is 1. The van der Waals surface area contributed by atoms with Crippen LogP contribution in [0.25, 0.3) is 10.9 Å². The number of alkyl halides is 1. The zero-order valence-corrected chi connectivity index (χ0v) is 15.3. The van der Waals surface area contributed by atoms with Crippen LogP contribution in [-0.2, 0) is 0 Å². The number of hydrogen-bond donors (Lipinski definition) is 2. The highest BCUT2D eigenvalue weighted by molar-refractivity contribution is 9.09. The van der Waals surface area contributed by atoms with E-state index in [1.165, 1.54) is 12.1 Å². The second-order valence-electron chi connectivity index (χ2n) is 5.37. The van der Waals surface area contributed by atoms with Crippen molar-refractivity contribution in [2.24, 2.45) is 0 Å². The van der Waals surface area contributed by atoms with E-state index in [4.69, 9.17) is 21.4 Å². The number of benzene rings is 2. The number of ketones is 1. The molecule has 0 saturated carbocycles. The van der Waals surface area contributed by atoms with Gasteiger partial charge in [-0.05, 0) is 30.3 Å². The fourth-order valence-electron chi connectivity index (χ4n) is 2.58. The molecule has 2 N–H and O–H groups in total. The Morgan fingerprint density at radius 3 is 2.88 bits per heavy atom. The number of aliphatic hydroxyl groups is 1. The minimum atomic E-state index is -0.678. The van der Waals surface area contributed by atoms with Gasteiger partial charge in [0.2, 0.25) is 0 Å². The van der Waals surface area contributed by atoms with Crippen LogP contribution >= 0.6 is 27.5 Å². The smallest absolute Gasteiger partial charge is 0.183 e. The van der Waals surface area contributed by atoms with E-state index in [9.17, 15) is 9.18 Å². The molecule has 0 bridgehead atoms. The zero-order valence-electron chi connectivity index (χ0n) is 12.9. The fourth-order valence-corrected chi connectivity index (χ4v) is 3.37. The van der Waals surface area contributed by atoms with Gasteiger partial charge in [0.1, 0.15) is 23.0 Å². The van der Waals surface area contributed by atoms with Crippen molar-refractivity contribution in [3.8, 4) is 5.75 Å². The molecule has 7 heteroatoms. The number of aliphatic hydroxyl groups excluding tert-OH is 1. The summed E-state index contributed by atoms with van der Waals surface area (Å²) in [5, 5.41) is 10.1. The normalized spacial score (nSPS) is 12.3. The molecule has 0 aliphatic heterocycles. The van der Waals surface area contributed by atoms with Crippen molar-refractivity contribution in [1.29, 1.82) is 0 Å². The Kier molecular flexibility index (Phi) is 5.42. The number of carbonyl (C=O) groups is 1. The predicted octanol–water partition coefficient (Wildman–Crippen LogP) is 4.65. The van der Waals surface area contributed by atoms with Crippen molar-refractivity contribution in [1.82, 2.24) is 4.98 Å². The molecule has 25 heavy (non-hydrogen) atoms. The first-order valence-electron chi connectivity index (χ1n) is 7.49. The van der Waals surface area contributed by atoms with Crippen LogP contribution in [0.1, 0.15) is 20.7 Å². The first-order valence-corrected chi connectivity index (χ1v) is 8.78. The summed E-state index contributed by atoms with van der Waals surface area (Å²) in [5.41, 5.74) is 1.59. The highest BCUT2D eigenvalue weighted by atomic mass is 79.9. The molecule has 0 aliphatic rings. The zero-order chi connectivity index (χ0) is 18.0. The predicted molar refractivity (Wildman–Crippen MR) is 98.3 cm³/mol. The molecule has 0 amide bonds. The van der Waals surface area contributed by atoms with Gasteiger partial charge < -0.3 is 14.8 Å². The molecular formula is C18H14BrClFNO3. The topological polar surface area (TPSA) is 62.3 Å². The second kappa shape index (κ2) is 7.56. The van der Waals surface area contributed by atoms with Gasteiger partial charge in [-0.15, -0.1) is 0 Å². The van der Waals surface area contributed by atoms with E-state index in [1.807, 2.05) is 0 Å². The van der Waals surface area contributed by atoms with Crippen LogP contribution in [0.15, 0.2) is 42.6 Å². The number of rotatable bonds is 6. The van der Waals surface area contributed by atoms with E-state index < -0.39 is 4.83 Å². The molecule has 0 fully saturated rings. The third-order valence-electron chi connectivity index (χ3n) is 3.74. The lowest BCUT2D eigenvalue weighted by Crippen LogP contribution is -2.10. The maximum absolute atomic E-state index is 13.3. The fraction of sp³-hybridized carbons (Fsp3) is 0.167. The summed E-state index contributed by atoms with van der Waals surface area (Å²) in [6.45, 7) is -0.0610. The number of fused-ring (bicyclic) bond motifs is 1. The largest absolute Gasteiger partial charge is 0.491 e. The average molecular weight is 427 g/mol. The number of carbonyl (C=O) groups excluding carboxylic acids is 1. The van der Waals surface area contributed by atoms with Crippen molar-refractivity contribution in [2.75, 3.05) is 13.2 Å². The van der Waals surface area contributed by atoms with E-state index in [0.717, 1.165) is 0 Å². The lowest BCUT2D eigenvalue weighted by Gasteiger charge is -2.15. The Bertz CT molecular complexity index is 928. The first-order chi connectivity index (χ1) is 12.0. The Morgan fingerprint density at radius 1 is 1.32 bits per heavy atom. The maximum Gasteiger partial charge on any atom is 0.183 e. The SMILES string of the molecule is O=C(c1c[nH]c2cc(F)ccc12)C(Br)c1ccc(Cl)cc1OCCO. The molecule has 1 unspecified atom stereocenters. The van der Waals surface area contributed by atoms with Crippen LogP contribution in [-0.4, -0.2) is 29.1 Å². The summed E-state index contributed by atoms with van der Waals surface area (Å²) >= 11 is 9.41. The number of hydrogen-bond acceptors (Lipinski definition) is 3. The minimum absolute atomic E-state index is 0.0909. The van der Waals surface area contributed by atoms with Crippen LogP contribution in [0.5, 0.6) is 5.75 Å². The van der Waals surface area contributed by atoms with Crippen LogP contribution in [0.2, 0.25) is 5.02 Å². The highest BCUT2D eigenvalue weighted by Crippen LogP contribution is 2.37. The summed E-state index contributed by atoms with van der Waals surface area (Å²) < 4.78 is 18.8. The molecule has 3 aromatic rings. The Balaban J connectivity index is 1.97. The summed E-state index contributed by atoms with van der Waals surface area (Å²) in [5.74, 6) is -0.155. The van der Waals surface area contributed by atoms with Crippen LogP contribution in [0.4, 0.5) is 4.39 Å². The van der Waals surface area contributed by atoms with Crippen molar-refractivity contribution in [2.45, 2.75) is 4.83 Å². The van der Waals surface area contributed by atoms with E-state index in [0.29, 0.717) is 32.8 Å². The van der Waals surface area contributed by atoms with Gasteiger partial charge in [-0.1, -0.05) is 33.6 Å². The number of nitrogens with one attached hydrogen (secondary N) is 1. The van der Waals surface area contributed by atoms with Crippen LogP contribution < -0.4 is 4.74 Å². The third-order valence-corrected chi connectivity index (χ3v) is 4.88. The van der Waals surface area contributed by atoms with Gasteiger partial charge in [-0.2, -0.15) is 0 Å². The molecule has 0 radical (unpaired) electrons. The number of H-pyrrole nitrogens is 1. The second-order valence-corrected chi connectivity index (χ2v) is 6.73. The van der Waals surface area contributed by atoms with E-state index >= 15 is 0 Å². The molecule has 2 aromatic carbocycles. The summed E-state index contributed by atoms with van der Waals surface area (Å²) in [6.07, 6.45) is 1.56. The summed E-state index contributed by atoms with van der Waals surface area (Å²) in [6, 6.07) is 9.18. The first kappa shape index (κ1) is 17.9. The van der Waals surface area contributed by atoms with Gasteiger partial charge in [-0.25, -0.2) is 4.39 Å². The van der Waals surface area contributed by atoms with Gasteiger partial charge >= 0.3 is 0 Å². The number of aromatic amines is 1. The lowest BCUT2D eigenvalue weighted by atomic mass is 10.0. The molecular weight excluding hydrogens is 413 g/mol. The quantitative estimate of drug-likeness (QED) is 0.445. The Morgan fingerprint density at radius 2 is 2.12 bits per heavy atom. The van der Waals surface area contributed by atoms with Crippen molar-refractivity contribution in [3.05, 3.63) is 64.6 Å². The van der Waals surface area contributed by atoms with E-state index in [2.05, 4.69) is 20.9 Å². The number of halogens is 3. The lowest BCUT2D eigenvalue weighted by molar-refractivity contribution is 0.0991. The average Bonchev–Trinajstić information content (AvgIpc) is 3.01. The molecule has 1 heterocycles. The number of aromatic nitrogens is 1. The number of Topliss-reactive ketones (excluding diaryl/α,β-unsaturated/α-hetero) is 1. The van der Waals surface area contributed by atoms with Crippen molar-refractivity contribution < 1.29 is 19.0 Å².